The molecule has 2 N–H and O–H groups in total. The van der Waals surface area contributed by atoms with Gasteiger partial charge in [-0.25, -0.2) is 9.97 Å². The summed E-state index contributed by atoms with van der Waals surface area (Å²) in [6.07, 6.45) is 4.81. The van der Waals surface area contributed by atoms with E-state index in [1.165, 1.54) is 0 Å². The minimum absolute atomic E-state index is 0.0867. The van der Waals surface area contributed by atoms with Gasteiger partial charge in [-0.15, -0.1) is 0 Å². The van der Waals surface area contributed by atoms with Crippen molar-refractivity contribution in [2.45, 2.75) is 25.5 Å². The third-order valence-electron chi connectivity index (χ3n) is 5.42. The normalized spacial score (nSPS) is 15.6. The van der Waals surface area contributed by atoms with E-state index in [1.54, 1.807) is 12.4 Å². The van der Waals surface area contributed by atoms with Gasteiger partial charge in [-0.1, -0.05) is 24.3 Å². The Bertz CT molecular complexity index is 1240. The molecular weight excluding hydrogens is 402 g/mol. The molecular formula is C25H23N5O2. The second-order valence-corrected chi connectivity index (χ2v) is 7.69. The number of ether oxygens (including phenoxy) is 1. The summed E-state index contributed by atoms with van der Waals surface area (Å²) in [5.41, 5.74) is 3.57. The van der Waals surface area contributed by atoms with Crippen LogP contribution < -0.4 is 10.6 Å². The number of rotatable bonds is 6. The second kappa shape index (κ2) is 9.11. The van der Waals surface area contributed by atoms with E-state index in [9.17, 15) is 4.79 Å². The SMILES string of the molecule is O=C(Nc1cccc(CNc2nc(-c3ccncc3)nc3ccccc23)c1)C1CCCO1. The average molecular weight is 425 g/mol. The highest BCUT2D eigenvalue weighted by atomic mass is 16.5. The molecule has 4 aromatic rings. The van der Waals surface area contributed by atoms with Crippen LogP contribution >= 0.6 is 0 Å². The van der Waals surface area contributed by atoms with Crippen LogP contribution in [0.4, 0.5) is 11.5 Å². The van der Waals surface area contributed by atoms with Gasteiger partial charge in [-0.05, 0) is 54.8 Å². The summed E-state index contributed by atoms with van der Waals surface area (Å²) < 4.78 is 5.47. The third kappa shape index (κ3) is 4.43. The van der Waals surface area contributed by atoms with Crippen molar-refractivity contribution in [1.82, 2.24) is 15.0 Å². The van der Waals surface area contributed by atoms with Crippen molar-refractivity contribution >= 4 is 28.3 Å². The molecule has 0 spiro atoms. The minimum Gasteiger partial charge on any atom is -0.368 e. The number of nitrogens with zero attached hydrogens (tertiary/aromatic N) is 3. The largest absolute Gasteiger partial charge is 0.368 e. The first-order chi connectivity index (χ1) is 15.8. The van der Waals surface area contributed by atoms with Crippen LogP contribution in [0.25, 0.3) is 22.3 Å². The lowest BCUT2D eigenvalue weighted by atomic mass is 10.1. The van der Waals surface area contributed by atoms with Crippen LogP contribution in [0.1, 0.15) is 18.4 Å². The fourth-order valence-corrected chi connectivity index (χ4v) is 3.79. The Kier molecular flexibility index (Phi) is 5.72. The number of hydrogen-bond donors (Lipinski definition) is 2. The molecule has 32 heavy (non-hydrogen) atoms. The maximum absolute atomic E-state index is 12.4. The molecule has 0 aliphatic carbocycles. The fraction of sp³-hybridized carbons (Fsp3) is 0.200. The second-order valence-electron chi connectivity index (χ2n) is 7.69. The quantitative estimate of drug-likeness (QED) is 0.475. The monoisotopic (exact) mass is 425 g/mol. The van der Waals surface area contributed by atoms with Crippen molar-refractivity contribution in [3.8, 4) is 11.4 Å². The predicted molar refractivity (Wildman–Crippen MR) is 124 cm³/mol. The van der Waals surface area contributed by atoms with E-state index in [-0.39, 0.29) is 12.0 Å². The van der Waals surface area contributed by atoms with E-state index < -0.39 is 0 Å². The Morgan fingerprint density at radius 3 is 2.75 bits per heavy atom. The van der Waals surface area contributed by atoms with Gasteiger partial charge in [0, 0.05) is 42.2 Å². The Hall–Kier alpha value is -3.84. The highest BCUT2D eigenvalue weighted by Gasteiger charge is 2.23. The van der Waals surface area contributed by atoms with Gasteiger partial charge in [0.1, 0.15) is 11.9 Å². The molecule has 1 fully saturated rings. The summed E-state index contributed by atoms with van der Waals surface area (Å²) in [7, 11) is 0. The molecule has 2 aromatic carbocycles. The first-order valence-electron chi connectivity index (χ1n) is 10.7. The first kappa shape index (κ1) is 20.1. The predicted octanol–water partition coefficient (Wildman–Crippen LogP) is 4.42. The van der Waals surface area contributed by atoms with Gasteiger partial charge in [0.25, 0.3) is 5.91 Å². The molecule has 160 valence electrons. The molecule has 7 nitrogen and oxygen atoms in total. The summed E-state index contributed by atoms with van der Waals surface area (Å²) in [5, 5.41) is 7.36. The van der Waals surface area contributed by atoms with Crippen molar-refractivity contribution in [2.75, 3.05) is 17.2 Å². The number of fused-ring (bicyclic) bond motifs is 1. The lowest BCUT2D eigenvalue weighted by Crippen LogP contribution is -2.26. The van der Waals surface area contributed by atoms with Crippen LogP contribution in [-0.2, 0) is 16.1 Å². The van der Waals surface area contributed by atoms with E-state index >= 15 is 0 Å². The van der Waals surface area contributed by atoms with E-state index in [4.69, 9.17) is 14.7 Å². The lowest BCUT2D eigenvalue weighted by molar-refractivity contribution is -0.124. The summed E-state index contributed by atoms with van der Waals surface area (Å²) in [6.45, 7) is 1.21. The van der Waals surface area contributed by atoms with Crippen LogP contribution in [0.3, 0.4) is 0 Å². The zero-order valence-electron chi connectivity index (χ0n) is 17.5. The van der Waals surface area contributed by atoms with Gasteiger partial charge in [-0.2, -0.15) is 0 Å². The molecule has 1 aliphatic rings. The van der Waals surface area contributed by atoms with Gasteiger partial charge < -0.3 is 15.4 Å². The number of amides is 1. The van der Waals surface area contributed by atoms with Gasteiger partial charge in [-0.3, -0.25) is 9.78 Å². The van der Waals surface area contributed by atoms with Crippen molar-refractivity contribution in [3.63, 3.8) is 0 Å². The summed E-state index contributed by atoms with van der Waals surface area (Å²) >= 11 is 0. The highest BCUT2D eigenvalue weighted by Crippen LogP contribution is 2.25. The maximum Gasteiger partial charge on any atom is 0.253 e. The highest BCUT2D eigenvalue weighted by molar-refractivity contribution is 5.94. The topological polar surface area (TPSA) is 89.0 Å². The first-order valence-corrected chi connectivity index (χ1v) is 10.7. The maximum atomic E-state index is 12.4. The zero-order chi connectivity index (χ0) is 21.8. The molecule has 1 unspecified atom stereocenters. The lowest BCUT2D eigenvalue weighted by Gasteiger charge is -2.13. The van der Waals surface area contributed by atoms with E-state index in [0.717, 1.165) is 46.4 Å². The van der Waals surface area contributed by atoms with Crippen LogP contribution in [-0.4, -0.2) is 33.6 Å². The van der Waals surface area contributed by atoms with Gasteiger partial charge in [0.15, 0.2) is 5.82 Å². The molecule has 0 bridgehead atoms. The third-order valence-corrected chi connectivity index (χ3v) is 5.42. The number of carbonyl (C=O) groups excluding carboxylic acids is 1. The Balaban J connectivity index is 1.36. The number of hydrogen-bond acceptors (Lipinski definition) is 6. The molecule has 7 heteroatoms. The Labute approximate surface area is 185 Å². The summed E-state index contributed by atoms with van der Waals surface area (Å²) in [4.78, 5) is 25.9. The van der Waals surface area contributed by atoms with E-state index in [1.807, 2.05) is 60.7 Å². The number of benzene rings is 2. The molecule has 1 atom stereocenters. The zero-order valence-corrected chi connectivity index (χ0v) is 17.5. The van der Waals surface area contributed by atoms with Gasteiger partial charge >= 0.3 is 0 Å². The Morgan fingerprint density at radius 2 is 1.91 bits per heavy atom. The molecule has 2 aromatic heterocycles. The van der Waals surface area contributed by atoms with E-state index in [2.05, 4.69) is 15.6 Å². The van der Waals surface area contributed by atoms with E-state index in [0.29, 0.717) is 19.0 Å². The number of carbonyl (C=O) groups is 1. The smallest absolute Gasteiger partial charge is 0.253 e. The van der Waals surface area contributed by atoms with Crippen LogP contribution in [0.5, 0.6) is 0 Å². The van der Waals surface area contributed by atoms with Crippen molar-refractivity contribution in [1.29, 1.82) is 0 Å². The fourth-order valence-electron chi connectivity index (χ4n) is 3.79. The van der Waals surface area contributed by atoms with Crippen LogP contribution in [0.15, 0.2) is 73.1 Å². The number of nitrogens with one attached hydrogen (secondary N) is 2. The van der Waals surface area contributed by atoms with Crippen LogP contribution in [0, 0.1) is 0 Å². The molecule has 1 amide bonds. The van der Waals surface area contributed by atoms with Crippen molar-refractivity contribution < 1.29 is 9.53 Å². The standard InChI is InChI=1S/C25H23N5O2/c31-25(22-9-4-14-32-22)28-19-6-3-5-17(15-19)16-27-24-20-7-1-2-8-21(20)29-23(30-24)18-10-12-26-13-11-18/h1-3,5-8,10-13,15,22H,4,9,14,16H2,(H,28,31)(H,27,29,30). The number of aromatic nitrogens is 3. The molecule has 3 heterocycles. The van der Waals surface area contributed by atoms with Crippen LogP contribution in [0.2, 0.25) is 0 Å². The molecule has 0 radical (unpaired) electrons. The number of anilines is 2. The van der Waals surface area contributed by atoms with Gasteiger partial charge in [0.2, 0.25) is 0 Å². The molecule has 1 saturated heterocycles. The Morgan fingerprint density at radius 1 is 1.03 bits per heavy atom. The number of pyridine rings is 1. The summed E-state index contributed by atoms with van der Waals surface area (Å²) in [5.74, 6) is 1.32. The molecule has 1 aliphatic heterocycles. The molecule has 5 rings (SSSR count). The summed E-state index contributed by atoms with van der Waals surface area (Å²) in [6, 6.07) is 19.5. The average Bonchev–Trinajstić information content (AvgIpc) is 3.38. The van der Waals surface area contributed by atoms with Gasteiger partial charge in [0.05, 0.1) is 5.52 Å². The number of para-hydroxylation sites is 1. The minimum atomic E-state index is -0.351. The van der Waals surface area contributed by atoms with Crippen molar-refractivity contribution in [3.05, 3.63) is 78.6 Å². The molecule has 0 saturated carbocycles. The van der Waals surface area contributed by atoms with Crippen molar-refractivity contribution in [2.24, 2.45) is 0 Å².